The molecule has 0 aromatic heterocycles. The third-order valence-electron chi connectivity index (χ3n) is 6.18. The minimum absolute atomic E-state index is 0.0109. The summed E-state index contributed by atoms with van der Waals surface area (Å²) in [6, 6.07) is 4.98. The van der Waals surface area contributed by atoms with Crippen LogP contribution in [0.2, 0.25) is 5.02 Å². The highest BCUT2D eigenvalue weighted by atomic mass is 35.5. The van der Waals surface area contributed by atoms with Crippen LogP contribution in [0.4, 0.5) is 17.6 Å². The van der Waals surface area contributed by atoms with Crippen LogP contribution in [-0.2, 0) is 14.3 Å². The maximum absolute atomic E-state index is 14.9. The molecule has 2 aromatic rings. The maximum Gasteiger partial charge on any atom is 0.338 e. The van der Waals surface area contributed by atoms with Gasteiger partial charge >= 0.3 is 11.9 Å². The lowest BCUT2D eigenvalue weighted by Gasteiger charge is -2.31. The molecule has 0 saturated carbocycles. The molecule has 1 fully saturated rings. The molecule has 0 spiro atoms. The number of carbonyl (C=O) groups excluding carboxylic acids is 1. The van der Waals surface area contributed by atoms with Crippen molar-refractivity contribution in [1.82, 2.24) is 10.2 Å². The van der Waals surface area contributed by atoms with E-state index in [0.29, 0.717) is 5.56 Å². The van der Waals surface area contributed by atoms with E-state index < -0.39 is 61.1 Å². The van der Waals surface area contributed by atoms with E-state index in [4.69, 9.17) is 16.3 Å². The molecule has 0 amide bonds. The Labute approximate surface area is 214 Å². The summed E-state index contributed by atoms with van der Waals surface area (Å²) in [5.41, 5.74) is 0.633. The van der Waals surface area contributed by atoms with Crippen LogP contribution in [0.25, 0.3) is 0 Å². The lowest BCUT2D eigenvalue weighted by molar-refractivity contribution is -0.142. The van der Waals surface area contributed by atoms with Crippen LogP contribution < -0.4 is 5.32 Å². The molecular weight excluding hydrogens is 518 g/mol. The minimum atomic E-state index is -3.27. The third kappa shape index (κ3) is 5.47. The molecule has 12 heteroatoms. The average Bonchev–Trinajstić information content (AvgIpc) is 3.12. The number of rotatable bonds is 6. The number of carboxylic acid groups (broad SMARTS) is 1. The predicted octanol–water partition coefficient (Wildman–Crippen LogP) is 4.24. The molecule has 2 atom stereocenters. The number of hydrogen-bond donors (Lipinski definition) is 2. The van der Waals surface area contributed by atoms with Crippen LogP contribution in [0.15, 0.2) is 52.7 Å². The number of halogens is 5. The van der Waals surface area contributed by atoms with Crippen LogP contribution in [0.1, 0.15) is 29.2 Å². The Morgan fingerprint density at radius 2 is 1.97 bits per heavy atom. The summed E-state index contributed by atoms with van der Waals surface area (Å²) in [4.78, 5) is 30.1. The third-order valence-corrected chi connectivity index (χ3v) is 6.51. The Balaban J connectivity index is 1.88. The topological polar surface area (TPSA) is 91.2 Å². The van der Waals surface area contributed by atoms with Gasteiger partial charge in [0.1, 0.15) is 29.6 Å². The van der Waals surface area contributed by atoms with Crippen LogP contribution in [0, 0.1) is 18.6 Å². The molecule has 4 rings (SSSR count). The summed E-state index contributed by atoms with van der Waals surface area (Å²) in [6.07, 6.45) is -0.913. The number of aliphatic imine (C=N–C) groups is 1. The highest BCUT2D eigenvalue weighted by molar-refractivity contribution is 6.31. The Bertz CT molecular complexity index is 1330. The number of benzene rings is 2. The van der Waals surface area contributed by atoms with Crippen molar-refractivity contribution in [1.29, 1.82) is 0 Å². The van der Waals surface area contributed by atoms with Gasteiger partial charge in [0.2, 0.25) is 0 Å². The molecule has 2 aromatic carbocycles. The van der Waals surface area contributed by atoms with Crippen molar-refractivity contribution in [2.75, 3.05) is 20.2 Å². The van der Waals surface area contributed by atoms with Gasteiger partial charge in [-0.3, -0.25) is 14.7 Å². The standard InChI is InChI=1S/C25H22ClF4N3O4/c1-12-3-5-15(17(28)7-12)22-31-18(10-33-11-25(29,30)9-19(33)23(34)35)20(24(36)37-2)21(32-22)14-6-4-13(27)8-16(14)26/h3-8,19,21H,9-11H2,1-2H3,(H,31,32)(H,34,35)/t19-,21-/m0/s1. The molecule has 0 aliphatic carbocycles. The Morgan fingerprint density at radius 1 is 1.24 bits per heavy atom. The van der Waals surface area contributed by atoms with Crippen LogP contribution in [0.5, 0.6) is 0 Å². The van der Waals surface area contributed by atoms with E-state index in [0.717, 1.165) is 24.1 Å². The zero-order valence-electron chi connectivity index (χ0n) is 19.7. The molecule has 196 valence electrons. The van der Waals surface area contributed by atoms with Gasteiger partial charge < -0.3 is 15.2 Å². The van der Waals surface area contributed by atoms with Crippen molar-refractivity contribution < 1.29 is 37.0 Å². The van der Waals surface area contributed by atoms with Crippen molar-refractivity contribution in [3.8, 4) is 0 Å². The fraction of sp³-hybridized carbons (Fsp3) is 0.320. The first-order chi connectivity index (χ1) is 17.4. The van der Waals surface area contributed by atoms with Gasteiger partial charge in [-0.05, 0) is 36.8 Å². The molecule has 37 heavy (non-hydrogen) atoms. The number of ether oxygens (including phenoxy) is 1. The molecule has 0 bridgehead atoms. The number of nitrogens with one attached hydrogen (secondary N) is 1. The molecule has 1 saturated heterocycles. The number of alkyl halides is 2. The second kappa shape index (κ2) is 10.1. The second-order valence-corrected chi connectivity index (χ2v) is 9.26. The molecular formula is C25H22ClF4N3O4. The zero-order chi connectivity index (χ0) is 27.1. The van der Waals surface area contributed by atoms with E-state index in [-0.39, 0.29) is 33.3 Å². The first kappa shape index (κ1) is 26.6. The summed E-state index contributed by atoms with van der Waals surface area (Å²) in [6.45, 7) is 0.361. The van der Waals surface area contributed by atoms with E-state index in [1.807, 2.05) is 0 Å². The number of carboxylic acids is 1. The van der Waals surface area contributed by atoms with Gasteiger partial charge in [0.05, 0.1) is 24.8 Å². The monoisotopic (exact) mass is 539 g/mol. The van der Waals surface area contributed by atoms with Gasteiger partial charge in [-0.15, -0.1) is 0 Å². The number of methoxy groups -OCH3 is 1. The minimum Gasteiger partial charge on any atom is -0.480 e. The smallest absolute Gasteiger partial charge is 0.338 e. The number of aliphatic carboxylic acids is 1. The summed E-state index contributed by atoms with van der Waals surface area (Å²) in [5, 5.41) is 12.3. The van der Waals surface area contributed by atoms with Crippen molar-refractivity contribution in [3.05, 3.63) is 81.0 Å². The zero-order valence-corrected chi connectivity index (χ0v) is 20.5. The van der Waals surface area contributed by atoms with E-state index in [1.165, 1.54) is 18.2 Å². The van der Waals surface area contributed by atoms with Gasteiger partial charge in [0.25, 0.3) is 5.92 Å². The van der Waals surface area contributed by atoms with Crippen molar-refractivity contribution >= 4 is 29.4 Å². The molecule has 2 aliphatic rings. The highest BCUT2D eigenvalue weighted by Gasteiger charge is 2.49. The lowest BCUT2D eigenvalue weighted by Crippen LogP contribution is -2.43. The van der Waals surface area contributed by atoms with Crippen LogP contribution >= 0.6 is 11.6 Å². The van der Waals surface area contributed by atoms with E-state index in [1.54, 1.807) is 13.0 Å². The SMILES string of the molecule is COC(=O)C1=C(CN2CC(F)(F)C[C@H]2C(=O)O)NC(c2ccc(C)cc2F)=N[C@H]1c1ccc(F)cc1Cl. The maximum atomic E-state index is 14.9. The average molecular weight is 540 g/mol. The molecule has 2 heterocycles. The van der Waals surface area contributed by atoms with E-state index >= 15 is 0 Å². The molecule has 7 nitrogen and oxygen atoms in total. The number of aryl methyl sites for hydroxylation is 1. The quantitative estimate of drug-likeness (QED) is 0.421. The Morgan fingerprint density at radius 3 is 2.59 bits per heavy atom. The Hall–Kier alpha value is -3.44. The largest absolute Gasteiger partial charge is 0.480 e. The van der Waals surface area contributed by atoms with E-state index in [2.05, 4.69) is 10.3 Å². The van der Waals surface area contributed by atoms with Crippen molar-refractivity contribution in [3.63, 3.8) is 0 Å². The van der Waals surface area contributed by atoms with Gasteiger partial charge in [-0.1, -0.05) is 23.7 Å². The number of esters is 1. The summed E-state index contributed by atoms with van der Waals surface area (Å²) in [5.74, 6) is -6.98. The summed E-state index contributed by atoms with van der Waals surface area (Å²) < 4.78 is 62.0. The number of nitrogens with zero attached hydrogens (tertiary/aromatic N) is 2. The Kier molecular flexibility index (Phi) is 7.29. The number of likely N-dealkylation sites (tertiary alicyclic amines) is 1. The fourth-order valence-electron chi connectivity index (χ4n) is 4.46. The van der Waals surface area contributed by atoms with E-state index in [9.17, 15) is 32.3 Å². The molecule has 2 N–H and O–H groups in total. The summed E-state index contributed by atoms with van der Waals surface area (Å²) in [7, 11) is 1.10. The van der Waals surface area contributed by atoms with Crippen LogP contribution in [0.3, 0.4) is 0 Å². The normalized spacial score (nSPS) is 21.4. The van der Waals surface area contributed by atoms with Gasteiger partial charge in [0.15, 0.2) is 0 Å². The number of hydrogen-bond acceptors (Lipinski definition) is 6. The molecule has 2 aliphatic heterocycles. The molecule has 0 radical (unpaired) electrons. The highest BCUT2D eigenvalue weighted by Crippen LogP contribution is 2.38. The van der Waals surface area contributed by atoms with Crippen LogP contribution in [-0.4, -0.2) is 59.9 Å². The van der Waals surface area contributed by atoms with Gasteiger partial charge in [-0.25, -0.2) is 22.4 Å². The first-order valence-corrected chi connectivity index (χ1v) is 11.5. The number of amidine groups is 1. The fourth-order valence-corrected chi connectivity index (χ4v) is 4.74. The lowest BCUT2D eigenvalue weighted by atomic mass is 9.94. The van der Waals surface area contributed by atoms with Crippen molar-refractivity contribution in [2.45, 2.75) is 31.4 Å². The van der Waals surface area contributed by atoms with Gasteiger partial charge in [0, 0.05) is 29.2 Å². The second-order valence-electron chi connectivity index (χ2n) is 8.86. The number of carbonyl (C=O) groups is 2. The summed E-state index contributed by atoms with van der Waals surface area (Å²) >= 11 is 6.28. The van der Waals surface area contributed by atoms with Gasteiger partial charge in [-0.2, -0.15) is 0 Å². The first-order valence-electron chi connectivity index (χ1n) is 11.1. The van der Waals surface area contributed by atoms with Crippen molar-refractivity contribution in [2.24, 2.45) is 4.99 Å². The predicted molar refractivity (Wildman–Crippen MR) is 127 cm³/mol. The molecule has 0 unspecified atom stereocenters.